The summed E-state index contributed by atoms with van der Waals surface area (Å²) < 4.78 is 10.3. The van der Waals surface area contributed by atoms with Gasteiger partial charge in [-0.15, -0.1) is 0 Å². The number of nitrogens with two attached hydrogens (primary N) is 1. The van der Waals surface area contributed by atoms with Crippen LogP contribution in [0.15, 0.2) is 4.52 Å². The van der Waals surface area contributed by atoms with E-state index >= 15 is 0 Å². The van der Waals surface area contributed by atoms with Gasteiger partial charge in [0.1, 0.15) is 0 Å². The fourth-order valence-corrected chi connectivity index (χ4v) is 2.32. The topological polar surface area (TPSA) is 61.3 Å². The second kappa shape index (κ2) is 2.26. The van der Waals surface area contributed by atoms with Crippen LogP contribution < -0.4 is 5.73 Å². The Hall–Kier alpha value is -1.03. The van der Waals surface area contributed by atoms with Gasteiger partial charge in [-0.1, -0.05) is 5.16 Å². The Morgan fingerprint density at radius 1 is 1.38 bits per heavy atom. The smallest absolute Gasteiger partial charge is 0.225 e. The maximum absolute atomic E-state index is 5.60. The number of nitrogens with zero attached hydrogens (tertiary/aromatic N) is 1. The molecule has 13 heavy (non-hydrogen) atoms. The van der Waals surface area contributed by atoms with E-state index in [1.807, 2.05) is 6.92 Å². The van der Waals surface area contributed by atoms with Crippen molar-refractivity contribution in [3.8, 4) is 0 Å². The Labute approximate surface area is 76.0 Å². The molecule has 1 saturated carbocycles. The van der Waals surface area contributed by atoms with Crippen LogP contribution in [0.2, 0.25) is 0 Å². The summed E-state index contributed by atoms with van der Waals surface area (Å²) in [6, 6.07) is 0. The summed E-state index contributed by atoms with van der Waals surface area (Å²) in [5, 5.41) is 4.00. The van der Waals surface area contributed by atoms with Crippen LogP contribution in [0.25, 0.3) is 0 Å². The molecule has 2 aliphatic rings. The first-order valence-corrected chi connectivity index (χ1v) is 4.58. The fraction of sp³-hybridized carbons (Fsp3) is 0.667. The quantitative estimate of drug-likeness (QED) is 0.698. The number of fused-ring (bicyclic) bond motifs is 1. The fourth-order valence-electron chi connectivity index (χ4n) is 2.32. The normalized spacial score (nSPS) is 36.2. The zero-order valence-electron chi connectivity index (χ0n) is 7.49. The van der Waals surface area contributed by atoms with Crippen molar-refractivity contribution < 1.29 is 9.26 Å². The monoisotopic (exact) mass is 180 g/mol. The first-order chi connectivity index (χ1) is 6.29. The summed E-state index contributed by atoms with van der Waals surface area (Å²) >= 11 is 0. The molecule has 70 valence electrons. The van der Waals surface area contributed by atoms with Crippen molar-refractivity contribution in [1.82, 2.24) is 5.16 Å². The van der Waals surface area contributed by atoms with Crippen LogP contribution in [0, 0.1) is 18.8 Å². The van der Waals surface area contributed by atoms with Crippen molar-refractivity contribution in [2.24, 2.45) is 11.8 Å². The summed E-state index contributed by atoms with van der Waals surface area (Å²) in [5.41, 5.74) is 7.66. The van der Waals surface area contributed by atoms with Gasteiger partial charge in [0.25, 0.3) is 0 Å². The molecular weight excluding hydrogens is 168 g/mol. The lowest BCUT2D eigenvalue weighted by Crippen LogP contribution is -1.98. The highest BCUT2D eigenvalue weighted by atomic mass is 16.5. The van der Waals surface area contributed by atoms with E-state index in [0.29, 0.717) is 23.6 Å². The third-order valence-electron chi connectivity index (χ3n) is 3.26. The summed E-state index contributed by atoms with van der Waals surface area (Å²) in [6.45, 7) is 3.72. The molecule has 1 aromatic heterocycles. The molecule has 2 heterocycles. The van der Waals surface area contributed by atoms with E-state index in [2.05, 4.69) is 5.16 Å². The average Bonchev–Trinajstić information content (AvgIpc) is 2.49. The van der Waals surface area contributed by atoms with Crippen molar-refractivity contribution in [2.75, 3.05) is 18.9 Å². The van der Waals surface area contributed by atoms with Gasteiger partial charge < -0.3 is 15.0 Å². The second-order valence-electron chi connectivity index (χ2n) is 3.95. The van der Waals surface area contributed by atoms with Gasteiger partial charge in [-0.2, -0.15) is 0 Å². The number of nitrogen functional groups attached to an aromatic ring is 1. The lowest BCUT2D eigenvalue weighted by atomic mass is 10.1. The zero-order valence-corrected chi connectivity index (χ0v) is 7.49. The molecule has 1 aromatic rings. The predicted octanol–water partition coefficient (Wildman–Crippen LogP) is 0.925. The average molecular weight is 180 g/mol. The van der Waals surface area contributed by atoms with E-state index in [0.717, 1.165) is 24.5 Å². The highest BCUT2D eigenvalue weighted by molar-refractivity contribution is 5.42. The minimum absolute atomic E-state index is 0.459. The van der Waals surface area contributed by atoms with Crippen molar-refractivity contribution in [1.29, 1.82) is 0 Å². The van der Waals surface area contributed by atoms with E-state index in [-0.39, 0.29) is 0 Å². The van der Waals surface area contributed by atoms with Crippen molar-refractivity contribution in [3.63, 3.8) is 0 Å². The zero-order chi connectivity index (χ0) is 9.00. The minimum atomic E-state index is 0.459. The van der Waals surface area contributed by atoms with Gasteiger partial charge in [-0.25, -0.2) is 0 Å². The van der Waals surface area contributed by atoms with Gasteiger partial charge in [0.2, 0.25) is 5.88 Å². The first kappa shape index (κ1) is 7.38. The largest absolute Gasteiger partial charge is 0.381 e. The molecule has 4 nitrogen and oxygen atoms in total. The van der Waals surface area contributed by atoms with Crippen LogP contribution in [0.5, 0.6) is 0 Å². The highest BCUT2D eigenvalue weighted by Gasteiger charge is 2.56. The lowest BCUT2D eigenvalue weighted by Gasteiger charge is -2.00. The van der Waals surface area contributed by atoms with Gasteiger partial charge in [-0.05, 0) is 18.8 Å². The van der Waals surface area contributed by atoms with Crippen LogP contribution in [-0.4, -0.2) is 18.4 Å². The first-order valence-electron chi connectivity index (χ1n) is 4.58. The number of rotatable bonds is 1. The molecule has 0 aromatic carbocycles. The standard InChI is InChI=1S/C9H12N2O2/c1-4-8(11-13-9(4)10)7-5-2-12-3-6(5)7/h5-7H,2-3,10H2,1H3. The molecule has 1 aliphatic carbocycles. The van der Waals surface area contributed by atoms with E-state index in [1.54, 1.807) is 0 Å². The Kier molecular flexibility index (Phi) is 1.28. The number of aromatic nitrogens is 1. The Bertz CT molecular complexity index is 337. The summed E-state index contributed by atoms with van der Waals surface area (Å²) in [5.74, 6) is 2.35. The van der Waals surface area contributed by atoms with E-state index < -0.39 is 0 Å². The number of hydrogen-bond donors (Lipinski definition) is 1. The molecule has 2 unspecified atom stereocenters. The number of anilines is 1. The lowest BCUT2D eigenvalue weighted by molar-refractivity contribution is 0.159. The van der Waals surface area contributed by atoms with Gasteiger partial charge in [0, 0.05) is 11.5 Å². The Balaban J connectivity index is 1.91. The van der Waals surface area contributed by atoms with E-state index in [4.69, 9.17) is 15.0 Å². The van der Waals surface area contributed by atoms with Crippen LogP contribution >= 0.6 is 0 Å². The van der Waals surface area contributed by atoms with Gasteiger partial charge in [-0.3, -0.25) is 0 Å². The molecule has 3 rings (SSSR count). The van der Waals surface area contributed by atoms with Crippen LogP contribution in [0.1, 0.15) is 17.2 Å². The van der Waals surface area contributed by atoms with E-state index in [1.165, 1.54) is 0 Å². The molecule has 4 heteroatoms. The SMILES string of the molecule is Cc1c(C2C3COCC32)noc1N. The maximum Gasteiger partial charge on any atom is 0.225 e. The summed E-state index contributed by atoms with van der Waals surface area (Å²) in [6.07, 6.45) is 0. The summed E-state index contributed by atoms with van der Waals surface area (Å²) in [7, 11) is 0. The molecule has 2 atom stereocenters. The molecule has 1 aliphatic heterocycles. The Morgan fingerprint density at radius 2 is 2.08 bits per heavy atom. The molecule has 0 spiro atoms. The van der Waals surface area contributed by atoms with Crippen molar-refractivity contribution >= 4 is 5.88 Å². The van der Waals surface area contributed by atoms with E-state index in [9.17, 15) is 0 Å². The number of hydrogen-bond acceptors (Lipinski definition) is 4. The summed E-state index contributed by atoms with van der Waals surface area (Å²) in [4.78, 5) is 0. The Morgan fingerprint density at radius 3 is 2.62 bits per heavy atom. The maximum atomic E-state index is 5.60. The van der Waals surface area contributed by atoms with Crippen LogP contribution in [0.4, 0.5) is 5.88 Å². The molecule has 2 fully saturated rings. The van der Waals surface area contributed by atoms with Crippen LogP contribution in [-0.2, 0) is 4.74 Å². The third-order valence-corrected chi connectivity index (χ3v) is 3.26. The molecule has 0 amide bonds. The van der Waals surface area contributed by atoms with Crippen molar-refractivity contribution in [3.05, 3.63) is 11.3 Å². The van der Waals surface area contributed by atoms with Gasteiger partial charge >= 0.3 is 0 Å². The van der Waals surface area contributed by atoms with Gasteiger partial charge in [0.05, 0.1) is 18.9 Å². The van der Waals surface area contributed by atoms with Crippen LogP contribution in [0.3, 0.4) is 0 Å². The molecule has 0 radical (unpaired) electrons. The molecular formula is C9H12N2O2. The molecule has 2 N–H and O–H groups in total. The number of ether oxygens (including phenoxy) is 1. The second-order valence-corrected chi connectivity index (χ2v) is 3.95. The minimum Gasteiger partial charge on any atom is -0.381 e. The molecule has 1 saturated heterocycles. The van der Waals surface area contributed by atoms with Gasteiger partial charge in [0.15, 0.2) is 0 Å². The predicted molar refractivity (Wildman–Crippen MR) is 46.2 cm³/mol. The van der Waals surface area contributed by atoms with Crippen molar-refractivity contribution in [2.45, 2.75) is 12.8 Å². The third kappa shape index (κ3) is 0.864. The highest BCUT2D eigenvalue weighted by Crippen LogP contribution is 2.57. The molecule has 0 bridgehead atoms.